The van der Waals surface area contributed by atoms with Gasteiger partial charge in [-0.1, -0.05) is 12.1 Å². The zero-order valence-corrected chi connectivity index (χ0v) is 7.18. The van der Waals surface area contributed by atoms with Crippen molar-refractivity contribution >= 4 is 17.4 Å². The topological polar surface area (TPSA) is 84.9 Å². The number of amides is 1. The first-order valence-corrected chi connectivity index (χ1v) is 4.03. The maximum Gasteiger partial charge on any atom is 0.252 e. The molecule has 1 atom stereocenters. The van der Waals surface area contributed by atoms with Gasteiger partial charge in [0.05, 0.1) is 5.69 Å². The summed E-state index contributed by atoms with van der Waals surface area (Å²) in [6.45, 7) is 0. The van der Waals surface area contributed by atoms with Gasteiger partial charge in [-0.2, -0.15) is 10.2 Å². The van der Waals surface area contributed by atoms with E-state index in [0.717, 1.165) is 0 Å². The average Bonchev–Trinajstić information content (AvgIpc) is 2.18. The van der Waals surface area contributed by atoms with Crippen LogP contribution in [0.25, 0.3) is 0 Å². The summed E-state index contributed by atoms with van der Waals surface area (Å²) in [5.41, 5.74) is 5.88. The van der Waals surface area contributed by atoms with Gasteiger partial charge in [-0.15, -0.1) is 0 Å². The van der Waals surface area contributed by atoms with Crippen LogP contribution in [-0.2, 0) is 4.79 Å². The number of ketones is 1. The lowest BCUT2D eigenvalue weighted by Gasteiger charge is -2.12. The lowest BCUT2D eigenvalue weighted by molar-refractivity contribution is -0.118. The van der Waals surface area contributed by atoms with Crippen LogP contribution in [0.4, 0.5) is 5.69 Å². The van der Waals surface area contributed by atoms with Crippen LogP contribution in [0.3, 0.4) is 0 Å². The van der Waals surface area contributed by atoms with Gasteiger partial charge >= 0.3 is 0 Å². The van der Waals surface area contributed by atoms with Gasteiger partial charge in [0.2, 0.25) is 11.8 Å². The quantitative estimate of drug-likeness (QED) is 0.663. The number of rotatable bonds is 1. The molecule has 1 unspecified atom stereocenters. The van der Waals surface area contributed by atoms with Gasteiger partial charge in [0.15, 0.2) is 0 Å². The van der Waals surface area contributed by atoms with Crippen molar-refractivity contribution in [2.75, 3.05) is 0 Å². The fourth-order valence-corrected chi connectivity index (χ4v) is 1.27. The van der Waals surface area contributed by atoms with Crippen LogP contribution < -0.4 is 5.73 Å². The van der Waals surface area contributed by atoms with E-state index in [-0.39, 0.29) is 5.78 Å². The highest BCUT2D eigenvalue weighted by atomic mass is 16.2. The Hall–Kier alpha value is -2.04. The molecule has 0 radical (unpaired) electrons. The number of azo groups is 1. The molecule has 5 nitrogen and oxygen atoms in total. The second-order valence-corrected chi connectivity index (χ2v) is 2.90. The monoisotopic (exact) mass is 189 g/mol. The molecule has 0 spiro atoms. The number of primary amides is 1. The van der Waals surface area contributed by atoms with Crippen LogP contribution in [0.1, 0.15) is 10.4 Å². The highest BCUT2D eigenvalue weighted by Crippen LogP contribution is 2.25. The minimum atomic E-state index is -1.16. The number of Topliss-reactive ketones (excluding diaryl/α,β-unsaturated/α-hetero) is 1. The Bertz CT molecular complexity index is 439. The Kier molecular flexibility index (Phi) is 1.85. The Labute approximate surface area is 79.6 Å². The Morgan fingerprint density at radius 3 is 2.79 bits per heavy atom. The van der Waals surface area contributed by atoms with Crippen LogP contribution in [0.2, 0.25) is 0 Å². The number of fused-ring (bicyclic) bond motifs is 1. The first kappa shape index (κ1) is 8.55. The van der Waals surface area contributed by atoms with E-state index in [9.17, 15) is 9.59 Å². The Morgan fingerprint density at radius 1 is 1.36 bits per heavy atom. The largest absolute Gasteiger partial charge is 0.367 e. The third-order valence-electron chi connectivity index (χ3n) is 1.97. The van der Waals surface area contributed by atoms with Crippen LogP contribution in [-0.4, -0.2) is 17.7 Å². The molecule has 1 amide bonds. The molecule has 1 heterocycles. The van der Waals surface area contributed by atoms with Crippen molar-refractivity contribution in [3.05, 3.63) is 29.8 Å². The molecule has 14 heavy (non-hydrogen) atoms. The van der Waals surface area contributed by atoms with Gasteiger partial charge in [0.25, 0.3) is 5.91 Å². The number of hydrogen-bond donors (Lipinski definition) is 1. The molecule has 2 rings (SSSR count). The summed E-state index contributed by atoms with van der Waals surface area (Å²) >= 11 is 0. The maximum absolute atomic E-state index is 11.6. The predicted molar refractivity (Wildman–Crippen MR) is 48.3 cm³/mol. The van der Waals surface area contributed by atoms with Crippen molar-refractivity contribution in [3.8, 4) is 0 Å². The molecule has 70 valence electrons. The number of hydrogen-bond acceptors (Lipinski definition) is 4. The fraction of sp³-hybridized carbons (Fsp3) is 0.111. The van der Waals surface area contributed by atoms with E-state index in [0.29, 0.717) is 11.3 Å². The van der Waals surface area contributed by atoms with E-state index in [1.165, 1.54) is 0 Å². The SMILES string of the molecule is NC(=O)C1N=Nc2ccccc2C1=O. The van der Waals surface area contributed by atoms with Crippen molar-refractivity contribution in [1.82, 2.24) is 0 Å². The van der Waals surface area contributed by atoms with E-state index >= 15 is 0 Å². The maximum atomic E-state index is 11.6. The average molecular weight is 189 g/mol. The number of carbonyl (C=O) groups excluding carboxylic acids is 2. The highest BCUT2D eigenvalue weighted by molar-refractivity contribution is 6.15. The fourth-order valence-electron chi connectivity index (χ4n) is 1.27. The van der Waals surface area contributed by atoms with Gasteiger partial charge in [0.1, 0.15) is 0 Å². The molecule has 1 aromatic rings. The van der Waals surface area contributed by atoms with E-state index < -0.39 is 11.9 Å². The minimum Gasteiger partial charge on any atom is -0.367 e. The molecule has 1 aliphatic heterocycles. The van der Waals surface area contributed by atoms with Crippen molar-refractivity contribution in [2.24, 2.45) is 16.0 Å². The normalized spacial score (nSPS) is 19.1. The second-order valence-electron chi connectivity index (χ2n) is 2.90. The smallest absolute Gasteiger partial charge is 0.252 e. The number of benzene rings is 1. The molecule has 0 saturated heterocycles. The van der Waals surface area contributed by atoms with E-state index in [1.54, 1.807) is 24.3 Å². The van der Waals surface area contributed by atoms with Crippen molar-refractivity contribution in [1.29, 1.82) is 0 Å². The molecule has 0 aliphatic carbocycles. The van der Waals surface area contributed by atoms with Crippen LogP contribution in [0, 0.1) is 0 Å². The molecular formula is C9H7N3O2. The summed E-state index contributed by atoms with van der Waals surface area (Å²) in [7, 11) is 0. The van der Waals surface area contributed by atoms with E-state index in [4.69, 9.17) is 5.73 Å². The van der Waals surface area contributed by atoms with Crippen LogP contribution >= 0.6 is 0 Å². The number of nitrogens with two attached hydrogens (primary N) is 1. The first-order chi connectivity index (χ1) is 6.70. The second kappa shape index (κ2) is 3.02. The molecular weight excluding hydrogens is 182 g/mol. The van der Waals surface area contributed by atoms with E-state index in [2.05, 4.69) is 10.2 Å². The predicted octanol–water partition coefficient (Wildman–Crippen LogP) is 0.821. The molecule has 5 heteroatoms. The van der Waals surface area contributed by atoms with Crippen LogP contribution in [0.15, 0.2) is 34.5 Å². The van der Waals surface area contributed by atoms with Crippen molar-refractivity contribution in [2.45, 2.75) is 6.04 Å². The van der Waals surface area contributed by atoms with Gasteiger partial charge in [-0.05, 0) is 12.1 Å². The first-order valence-electron chi connectivity index (χ1n) is 4.03. The molecule has 0 bridgehead atoms. The highest BCUT2D eigenvalue weighted by Gasteiger charge is 2.30. The van der Waals surface area contributed by atoms with Gasteiger partial charge in [-0.3, -0.25) is 9.59 Å². The van der Waals surface area contributed by atoms with Crippen molar-refractivity contribution in [3.63, 3.8) is 0 Å². The summed E-state index contributed by atoms with van der Waals surface area (Å²) < 4.78 is 0. The minimum absolute atomic E-state index is 0.386. The Morgan fingerprint density at radius 2 is 2.07 bits per heavy atom. The summed E-state index contributed by atoms with van der Waals surface area (Å²) in [6, 6.07) is 5.55. The van der Waals surface area contributed by atoms with Gasteiger partial charge < -0.3 is 5.73 Å². The van der Waals surface area contributed by atoms with Crippen molar-refractivity contribution < 1.29 is 9.59 Å². The third kappa shape index (κ3) is 1.19. The molecule has 2 N–H and O–H groups in total. The van der Waals surface area contributed by atoms with E-state index in [1.807, 2.05) is 0 Å². The standard InChI is InChI=1S/C9H7N3O2/c10-9(14)7-8(13)5-3-1-2-4-6(5)11-12-7/h1-4,7H,(H2,10,14). The zero-order valence-electron chi connectivity index (χ0n) is 7.18. The summed E-state index contributed by atoms with van der Waals surface area (Å²) in [4.78, 5) is 22.4. The van der Waals surface area contributed by atoms with Gasteiger partial charge in [0, 0.05) is 5.56 Å². The lowest BCUT2D eigenvalue weighted by Crippen LogP contribution is -2.35. The number of nitrogens with zero attached hydrogens (tertiary/aromatic N) is 2. The zero-order chi connectivity index (χ0) is 10.1. The molecule has 0 saturated carbocycles. The molecule has 1 aromatic carbocycles. The molecule has 0 fully saturated rings. The van der Waals surface area contributed by atoms with Crippen LogP contribution in [0.5, 0.6) is 0 Å². The summed E-state index contributed by atoms with van der Waals surface area (Å²) in [5.74, 6) is -1.16. The number of carbonyl (C=O) groups is 2. The molecule has 1 aliphatic rings. The van der Waals surface area contributed by atoms with Gasteiger partial charge in [-0.25, -0.2) is 0 Å². The summed E-state index contributed by atoms with van der Waals surface area (Å²) in [6.07, 6.45) is 0. The lowest BCUT2D eigenvalue weighted by atomic mass is 10.0. The summed E-state index contributed by atoms with van der Waals surface area (Å²) in [5, 5.41) is 7.30. The Balaban J connectivity index is 2.50. The third-order valence-corrected chi connectivity index (χ3v) is 1.97. The molecule has 0 aromatic heterocycles.